The number of anilines is 1. The van der Waals surface area contributed by atoms with Crippen molar-refractivity contribution in [2.75, 3.05) is 4.90 Å². The van der Waals surface area contributed by atoms with Gasteiger partial charge in [-0.2, -0.15) is 0 Å². The van der Waals surface area contributed by atoms with Crippen LogP contribution in [0.15, 0.2) is 66.7 Å². The summed E-state index contributed by atoms with van der Waals surface area (Å²) in [5, 5.41) is 1.46. The summed E-state index contributed by atoms with van der Waals surface area (Å²) < 4.78 is 13.9. The quantitative estimate of drug-likeness (QED) is 0.334. The van der Waals surface area contributed by atoms with Gasteiger partial charge in [-0.15, -0.1) is 0 Å². The second-order valence-corrected chi connectivity index (χ2v) is 8.76. The average molecular weight is 445 g/mol. The van der Waals surface area contributed by atoms with Crippen molar-refractivity contribution in [3.63, 3.8) is 0 Å². The maximum atomic E-state index is 14.1. The number of aryl methyl sites for hydroxylation is 1. The van der Waals surface area contributed by atoms with Crippen LogP contribution in [0.1, 0.15) is 34.8 Å². The molecular weight excluding hydrogens is 423 g/mol. The molecule has 3 nitrogen and oxygen atoms in total. The molecule has 5 heteroatoms. The topological polar surface area (TPSA) is 33.2 Å². The van der Waals surface area contributed by atoms with Gasteiger partial charge in [0.1, 0.15) is 5.82 Å². The predicted molar refractivity (Wildman–Crippen MR) is 128 cm³/mol. The fraction of sp³-hybridized carbons (Fsp3) is 0.185. The first-order valence-corrected chi connectivity index (χ1v) is 11.1. The Balaban J connectivity index is 1.73. The molecule has 1 aliphatic heterocycles. The Labute approximate surface area is 191 Å². The monoisotopic (exact) mass is 444 g/mol. The van der Waals surface area contributed by atoms with Gasteiger partial charge in [0.05, 0.1) is 16.8 Å². The smallest absolute Gasteiger partial charge is 0.259 e. The Morgan fingerprint density at radius 2 is 1.84 bits per heavy atom. The van der Waals surface area contributed by atoms with Gasteiger partial charge in [0, 0.05) is 27.7 Å². The van der Waals surface area contributed by atoms with Gasteiger partial charge in [0.2, 0.25) is 0 Å². The van der Waals surface area contributed by atoms with E-state index in [1.165, 1.54) is 12.1 Å². The van der Waals surface area contributed by atoms with Crippen LogP contribution in [0.4, 0.5) is 10.1 Å². The molecule has 0 saturated carbocycles. The molecule has 5 rings (SSSR count). The largest absolute Gasteiger partial charge is 0.305 e. The number of carbonyl (C=O) groups excluding carboxylic acids is 1. The zero-order chi connectivity index (χ0) is 22.4. The minimum absolute atomic E-state index is 0.00534. The maximum Gasteiger partial charge on any atom is 0.259 e. The average Bonchev–Trinajstić information content (AvgIpc) is 2.79. The molecular formula is C27H22ClFN2O. The van der Waals surface area contributed by atoms with Gasteiger partial charge in [0.25, 0.3) is 5.91 Å². The number of rotatable bonds is 2. The van der Waals surface area contributed by atoms with E-state index in [0.717, 1.165) is 51.8 Å². The minimum atomic E-state index is -0.277. The highest BCUT2D eigenvalue weighted by molar-refractivity contribution is 6.30. The number of fused-ring (bicyclic) bond motifs is 2. The maximum absolute atomic E-state index is 14.1. The van der Waals surface area contributed by atoms with E-state index < -0.39 is 0 Å². The fourth-order valence-corrected chi connectivity index (χ4v) is 4.75. The summed E-state index contributed by atoms with van der Waals surface area (Å²) in [5.74, 6) is -0.363. The summed E-state index contributed by atoms with van der Waals surface area (Å²) in [6.07, 6.45) is 1.54. The number of hydrogen-bond acceptors (Lipinski definition) is 2. The van der Waals surface area contributed by atoms with Gasteiger partial charge in [0.15, 0.2) is 0 Å². The van der Waals surface area contributed by atoms with Crippen molar-refractivity contribution in [1.29, 1.82) is 0 Å². The first-order valence-electron chi connectivity index (χ1n) is 10.7. The molecule has 0 aliphatic carbocycles. The van der Waals surface area contributed by atoms with Crippen LogP contribution in [-0.2, 0) is 6.42 Å². The van der Waals surface area contributed by atoms with E-state index >= 15 is 0 Å². The van der Waals surface area contributed by atoms with Crippen molar-refractivity contribution >= 4 is 34.1 Å². The third kappa shape index (κ3) is 3.45. The second kappa shape index (κ2) is 8.03. The lowest BCUT2D eigenvalue weighted by atomic mass is 9.92. The first kappa shape index (κ1) is 20.7. The molecule has 4 aromatic rings. The minimum Gasteiger partial charge on any atom is -0.305 e. The summed E-state index contributed by atoms with van der Waals surface area (Å²) in [6, 6.07) is 19.9. The molecule has 3 aromatic carbocycles. The molecule has 1 aliphatic rings. The van der Waals surface area contributed by atoms with E-state index in [1.807, 2.05) is 67.3 Å². The number of amides is 1. The molecule has 0 radical (unpaired) electrons. The van der Waals surface area contributed by atoms with E-state index in [1.54, 1.807) is 6.07 Å². The van der Waals surface area contributed by atoms with E-state index in [2.05, 4.69) is 0 Å². The molecule has 0 fully saturated rings. The zero-order valence-corrected chi connectivity index (χ0v) is 18.7. The van der Waals surface area contributed by atoms with E-state index in [0.29, 0.717) is 10.6 Å². The number of nitrogens with zero attached hydrogens (tertiary/aromatic N) is 2. The van der Waals surface area contributed by atoms with Crippen molar-refractivity contribution in [2.45, 2.75) is 32.7 Å². The Bertz CT molecular complexity index is 1350. The molecule has 2 heterocycles. The fourth-order valence-electron chi connectivity index (χ4n) is 4.62. The summed E-state index contributed by atoms with van der Waals surface area (Å²) in [4.78, 5) is 20.8. The number of para-hydroxylation sites is 1. The number of carbonyl (C=O) groups is 1. The molecule has 1 amide bonds. The molecule has 0 spiro atoms. The van der Waals surface area contributed by atoms with Gasteiger partial charge in [-0.05, 0) is 74.2 Å². The number of benzene rings is 3. The number of halogens is 2. The number of pyridine rings is 1. The van der Waals surface area contributed by atoms with Crippen molar-refractivity contribution in [2.24, 2.45) is 0 Å². The Kier molecular flexibility index (Phi) is 5.18. The third-order valence-corrected chi connectivity index (χ3v) is 6.51. The molecule has 0 bridgehead atoms. The molecule has 1 aromatic heterocycles. The molecule has 0 N–H and O–H groups in total. The first-order chi connectivity index (χ1) is 15.4. The van der Waals surface area contributed by atoms with Crippen LogP contribution in [0.5, 0.6) is 0 Å². The summed E-state index contributed by atoms with van der Waals surface area (Å²) >= 11 is 6.08. The van der Waals surface area contributed by atoms with Gasteiger partial charge in [-0.25, -0.2) is 9.37 Å². The van der Waals surface area contributed by atoms with Crippen molar-refractivity contribution in [3.8, 4) is 11.3 Å². The lowest BCUT2D eigenvalue weighted by Crippen LogP contribution is -2.42. The van der Waals surface area contributed by atoms with E-state index in [-0.39, 0.29) is 17.8 Å². The standard InChI is InChI=1S/C27H22ClFN2O/c1-16-7-8-19-15-21(29)13-14-24(19)31(16)27(32)25-17(2)26(18-9-11-20(28)12-10-18)30-23-6-4-3-5-22(23)25/h3-6,9-16H,7-8H2,1-2H3. The van der Waals surface area contributed by atoms with Crippen molar-refractivity contribution < 1.29 is 9.18 Å². The second-order valence-electron chi connectivity index (χ2n) is 8.32. The highest BCUT2D eigenvalue weighted by Gasteiger charge is 2.32. The van der Waals surface area contributed by atoms with Gasteiger partial charge < -0.3 is 4.90 Å². The van der Waals surface area contributed by atoms with Crippen LogP contribution >= 0.6 is 11.6 Å². The molecule has 1 atom stereocenters. The van der Waals surface area contributed by atoms with Crippen molar-refractivity contribution in [3.05, 3.63) is 94.3 Å². The SMILES string of the molecule is Cc1c(-c2ccc(Cl)cc2)nc2ccccc2c1C(=O)N1c2ccc(F)cc2CCC1C. The highest BCUT2D eigenvalue weighted by atomic mass is 35.5. The van der Waals surface area contributed by atoms with Gasteiger partial charge in [-0.1, -0.05) is 41.9 Å². The van der Waals surface area contributed by atoms with E-state index in [9.17, 15) is 9.18 Å². The molecule has 1 unspecified atom stereocenters. The van der Waals surface area contributed by atoms with Crippen LogP contribution in [0.2, 0.25) is 5.02 Å². The summed E-state index contributed by atoms with van der Waals surface area (Å²) in [6.45, 7) is 3.99. The lowest BCUT2D eigenvalue weighted by molar-refractivity contribution is 0.0976. The zero-order valence-electron chi connectivity index (χ0n) is 17.9. The van der Waals surface area contributed by atoms with Crippen LogP contribution in [0.25, 0.3) is 22.2 Å². The van der Waals surface area contributed by atoms with Crippen molar-refractivity contribution in [1.82, 2.24) is 4.98 Å². The molecule has 0 saturated heterocycles. The molecule has 160 valence electrons. The summed E-state index contributed by atoms with van der Waals surface area (Å²) in [7, 11) is 0. The van der Waals surface area contributed by atoms with Gasteiger partial charge in [-0.3, -0.25) is 4.79 Å². The van der Waals surface area contributed by atoms with Crippen LogP contribution < -0.4 is 4.90 Å². The van der Waals surface area contributed by atoms with Crippen LogP contribution in [-0.4, -0.2) is 16.9 Å². The summed E-state index contributed by atoms with van der Waals surface area (Å²) in [5.41, 5.74) is 5.51. The highest BCUT2D eigenvalue weighted by Crippen LogP contribution is 2.36. The lowest BCUT2D eigenvalue weighted by Gasteiger charge is -2.36. The Morgan fingerprint density at radius 3 is 2.62 bits per heavy atom. The third-order valence-electron chi connectivity index (χ3n) is 6.26. The molecule has 32 heavy (non-hydrogen) atoms. The number of aromatic nitrogens is 1. The van der Waals surface area contributed by atoms with E-state index in [4.69, 9.17) is 16.6 Å². The number of hydrogen-bond donors (Lipinski definition) is 0. The Hall–Kier alpha value is -3.24. The Morgan fingerprint density at radius 1 is 1.09 bits per heavy atom. The van der Waals surface area contributed by atoms with Crippen LogP contribution in [0, 0.1) is 12.7 Å². The van der Waals surface area contributed by atoms with Gasteiger partial charge >= 0.3 is 0 Å². The normalized spacial score (nSPS) is 15.6. The predicted octanol–water partition coefficient (Wildman–Crippen LogP) is 6.98. The van der Waals surface area contributed by atoms with Crippen LogP contribution in [0.3, 0.4) is 0 Å².